The number of benzene rings is 1. The molecule has 3 rings (SSSR count). The Kier molecular flexibility index (Phi) is 3.21. The molecule has 6 heteroatoms. The summed E-state index contributed by atoms with van der Waals surface area (Å²) >= 11 is 0. The number of fused-ring (bicyclic) bond motifs is 1. The minimum atomic E-state index is -0.359. The molecule has 1 aromatic heterocycles. The Labute approximate surface area is 121 Å². The van der Waals surface area contributed by atoms with Gasteiger partial charge in [0, 0.05) is 17.9 Å². The van der Waals surface area contributed by atoms with Crippen LogP contribution in [0.3, 0.4) is 0 Å². The van der Waals surface area contributed by atoms with Gasteiger partial charge in [-0.1, -0.05) is 18.2 Å². The fraction of sp³-hybridized carbons (Fsp3) is 0.267. The van der Waals surface area contributed by atoms with Gasteiger partial charge >= 0.3 is 0 Å². The van der Waals surface area contributed by atoms with Gasteiger partial charge < -0.3 is 15.0 Å². The number of aromatic amines is 1. The number of H-pyrrole nitrogens is 1. The molecule has 21 heavy (non-hydrogen) atoms. The number of carbonyl (C=O) groups is 1. The number of para-hydroxylation sites is 1. The van der Waals surface area contributed by atoms with E-state index in [1.54, 1.807) is 14.0 Å². The predicted octanol–water partition coefficient (Wildman–Crippen LogP) is 1.56. The number of rotatable bonds is 2. The average Bonchev–Trinajstić information content (AvgIpc) is 2.45. The first kappa shape index (κ1) is 13.4. The van der Waals surface area contributed by atoms with Crippen molar-refractivity contribution >= 4 is 11.7 Å². The Hall–Kier alpha value is -2.63. The van der Waals surface area contributed by atoms with Crippen LogP contribution in [0.15, 0.2) is 29.1 Å². The number of aromatic nitrogens is 2. The van der Waals surface area contributed by atoms with Gasteiger partial charge in [0.25, 0.3) is 5.56 Å². The highest BCUT2D eigenvalue weighted by molar-refractivity contribution is 5.94. The van der Waals surface area contributed by atoms with Crippen LogP contribution < -0.4 is 15.6 Å². The number of hydrogen-bond donors (Lipinski definition) is 2. The number of amides is 1. The Morgan fingerprint density at radius 3 is 2.81 bits per heavy atom. The third-order valence-electron chi connectivity index (χ3n) is 3.58. The van der Waals surface area contributed by atoms with Crippen molar-refractivity contribution in [2.24, 2.45) is 0 Å². The third-order valence-corrected chi connectivity index (χ3v) is 3.58. The van der Waals surface area contributed by atoms with E-state index in [9.17, 15) is 9.59 Å². The first-order chi connectivity index (χ1) is 10.1. The number of hydrogen-bond acceptors (Lipinski definition) is 4. The molecule has 2 aromatic rings. The van der Waals surface area contributed by atoms with E-state index in [4.69, 9.17) is 4.74 Å². The normalized spacial score (nSPS) is 17.0. The molecule has 1 amide bonds. The summed E-state index contributed by atoms with van der Waals surface area (Å²) in [5.74, 6) is 0.948. The van der Waals surface area contributed by atoms with E-state index in [-0.39, 0.29) is 23.8 Å². The van der Waals surface area contributed by atoms with Crippen molar-refractivity contribution in [1.82, 2.24) is 9.97 Å². The largest absolute Gasteiger partial charge is 0.496 e. The summed E-state index contributed by atoms with van der Waals surface area (Å²) in [6, 6.07) is 7.39. The fourth-order valence-electron chi connectivity index (χ4n) is 2.70. The van der Waals surface area contributed by atoms with Gasteiger partial charge in [0.1, 0.15) is 17.4 Å². The number of carbonyl (C=O) groups excluding carboxylic acids is 1. The van der Waals surface area contributed by atoms with Crippen LogP contribution in [0, 0.1) is 6.92 Å². The zero-order valence-corrected chi connectivity index (χ0v) is 11.8. The maximum atomic E-state index is 12.3. The molecule has 6 nitrogen and oxygen atoms in total. The molecule has 0 radical (unpaired) electrons. The number of ether oxygens (including phenoxy) is 1. The molecular weight excluding hydrogens is 270 g/mol. The molecule has 108 valence electrons. The van der Waals surface area contributed by atoms with Crippen LogP contribution >= 0.6 is 0 Å². The summed E-state index contributed by atoms with van der Waals surface area (Å²) in [4.78, 5) is 31.1. The lowest BCUT2D eigenvalue weighted by atomic mass is 9.86. The van der Waals surface area contributed by atoms with Crippen LogP contribution in [0.25, 0.3) is 0 Å². The van der Waals surface area contributed by atoms with Gasteiger partial charge in [0.05, 0.1) is 12.7 Å². The summed E-state index contributed by atoms with van der Waals surface area (Å²) in [6.45, 7) is 1.68. The van der Waals surface area contributed by atoms with E-state index in [2.05, 4.69) is 15.3 Å². The van der Waals surface area contributed by atoms with Crippen molar-refractivity contribution in [3.8, 4) is 5.75 Å². The summed E-state index contributed by atoms with van der Waals surface area (Å²) in [5.41, 5.74) is 1.06. The molecule has 0 saturated carbocycles. The molecule has 1 atom stereocenters. The fourth-order valence-corrected chi connectivity index (χ4v) is 2.70. The maximum Gasteiger partial charge on any atom is 0.256 e. The molecular formula is C15H15N3O3. The highest BCUT2D eigenvalue weighted by Crippen LogP contribution is 2.37. The smallest absolute Gasteiger partial charge is 0.256 e. The Bertz CT molecular complexity index is 767. The van der Waals surface area contributed by atoms with E-state index in [0.717, 1.165) is 5.56 Å². The van der Waals surface area contributed by atoms with Crippen LogP contribution in [-0.4, -0.2) is 23.0 Å². The van der Waals surface area contributed by atoms with Crippen molar-refractivity contribution in [1.29, 1.82) is 0 Å². The zero-order valence-electron chi connectivity index (χ0n) is 11.8. The summed E-state index contributed by atoms with van der Waals surface area (Å²) < 4.78 is 5.35. The molecule has 1 aromatic carbocycles. The van der Waals surface area contributed by atoms with E-state index in [1.165, 1.54) is 0 Å². The molecule has 1 aliphatic rings. The molecule has 0 unspecified atom stereocenters. The van der Waals surface area contributed by atoms with E-state index in [0.29, 0.717) is 23.0 Å². The molecule has 2 heterocycles. The van der Waals surface area contributed by atoms with Gasteiger partial charge in [0.2, 0.25) is 5.91 Å². The van der Waals surface area contributed by atoms with E-state index < -0.39 is 0 Å². The van der Waals surface area contributed by atoms with Gasteiger partial charge in [-0.3, -0.25) is 9.59 Å². The SMILES string of the molecule is COc1ccccc1[C@H]1CC(=O)Nc2nc(C)[nH]c(=O)c21. The van der Waals surface area contributed by atoms with Crippen molar-refractivity contribution in [3.63, 3.8) is 0 Å². The summed E-state index contributed by atoms with van der Waals surface area (Å²) in [5, 5.41) is 2.67. The lowest BCUT2D eigenvalue weighted by Gasteiger charge is -2.25. The highest BCUT2D eigenvalue weighted by Gasteiger charge is 2.32. The van der Waals surface area contributed by atoms with E-state index in [1.807, 2.05) is 24.3 Å². The first-order valence-electron chi connectivity index (χ1n) is 6.63. The molecule has 0 bridgehead atoms. The van der Waals surface area contributed by atoms with Gasteiger partial charge in [-0.05, 0) is 13.0 Å². The van der Waals surface area contributed by atoms with Gasteiger partial charge in [-0.15, -0.1) is 0 Å². The lowest BCUT2D eigenvalue weighted by Crippen LogP contribution is -2.31. The van der Waals surface area contributed by atoms with Crippen molar-refractivity contribution in [3.05, 3.63) is 51.6 Å². The summed E-state index contributed by atoms with van der Waals surface area (Å²) in [6.07, 6.45) is 0.196. The van der Waals surface area contributed by atoms with Gasteiger partial charge in [-0.25, -0.2) is 4.98 Å². The second-order valence-corrected chi connectivity index (χ2v) is 4.96. The summed E-state index contributed by atoms with van der Waals surface area (Å²) in [7, 11) is 1.57. The molecule has 2 N–H and O–H groups in total. The minimum Gasteiger partial charge on any atom is -0.496 e. The van der Waals surface area contributed by atoms with Crippen molar-refractivity contribution in [2.45, 2.75) is 19.3 Å². The standard InChI is InChI=1S/C15H15N3O3/c1-8-16-14-13(15(20)17-8)10(7-12(19)18-14)9-5-3-4-6-11(9)21-2/h3-6,10H,7H2,1-2H3,(H2,16,17,18,19,20)/t10-/m1/s1. The number of nitrogens with one attached hydrogen (secondary N) is 2. The van der Waals surface area contributed by atoms with Gasteiger partial charge in [0.15, 0.2) is 0 Å². The molecule has 0 fully saturated rings. The average molecular weight is 285 g/mol. The number of methoxy groups -OCH3 is 1. The predicted molar refractivity (Wildman–Crippen MR) is 77.7 cm³/mol. The number of anilines is 1. The van der Waals surface area contributed by atoms with Crippen LogP contribution in [0.5, 0.6) is 5.75 Å². The molecule has 0 spiro atoms. The zero-order chi connectivity index (χ0) is 15.0. The monoisotopic (exact) mass is 285 g/mol. The molecule has 0 saturated heterocycles. The molecule has 0 aliphatic carbocycles. The highest BCUT2D eigenvalue weighted by atomic mass is 16.5. The Balaban J connectivity index is 2.22. The quantitative estimate of drug-likeness (QED) is 0.877. The van der Waals surface area contributed by atoms with E-state index >= 15 is 0 Å². The van der Waals surface area contributed by atoms with Crippen molar-refractivity contribution in [2.75, 3.05) is 12.4 Å². The lowest BCUT2D eigenvalue weighted by molar-refractivity contribution is -0.116. The van der Waals surface area contributed by atoms with Crippen LogP contribution in [-0.2, 0) is 4.79 Å². The van der Waals surface area contributed by atoms with Crippen LogP contribution in [0.1, 0.15) is 29.3 Å². The maximum absolute atomic E-state index is 12.3. The Morgan fingerprint density at radius 1 is 1.29 bits per heavy atom. The number of aryl methyl sites for hydroxylation is 1. The minimum absolute atomic E-state index is 0.157. The number of nitrogens with zero attached hydrogens (tertiary/aromatic N) is 1. The van der Waals surface area contributed by atoms with Crippen LogP contribution in [0.4, 0.5) is 5.82 Å². The second kappa shape index (κ2) is 5.05. The first-order valence-corrected chi connectivity index (χ1v) is 6.63. The van der Waals surface area contributed by atoms with Gasteiger partial charge in [-0.2, -0.15) is 0 Å². The van der Waals surface area contributed by atoms with Crippen molar-refractivity contribution < 1.29 is 9.53 Å². The van der Waals surface area contributed by atoms with Crippen LogP contribution in [0.2, 0.25) is 0 Å². The topological polar surface area (TPSA) is 84.1 Å². The molecule has 1 aliphatic heterocycles. The second-order valence-electron chi connectivity index (χ2n) is 4.96. The Morgan fingerprint density at radius 2 is 2.05 bits per heavy atom. The third kappa shape index (κ3) is 2.29.